The summed E-state index contributed by atoms with van der Waals surface area (Å²) >= 11 is 9.50. The topological polar surface area (TPSA) is 34.4 Å². The average molecular weight is 373 g/mol. The Morgan fingerprint density at radius 3 is 2.81 bits per heavy atom. The maximum absolute atomic E-state index is 6.10. The lowest BCUT2D eigenvalue weighted by Crippen LogP contribution is -2.21. The predicted octanol–water partition coefficient (Wildman–Crippen LogP) is 5.08. The number of halogens is 2. The Bertz CT molecular complexity index is 610. The molecule has 3 nitrogen and oxygen atoms in total. The van der Waals surface area contributed by atoms with Crippen LogP contribution in [0.1, 0.15) is 30.9 Å². The van der Waals surface area contributed by atoms with E-state index in [1.165, 1.54) is 0 Å². The van der Waals surface area contributed by atoms with Crippen molar-refractivity contribution in [3.05, 3.63) is 50.8 Å². The Morgan fingerprint density at radius 1 is 1.33 bits per heavy atom. The van der Waals surface area contributed by atoms with Gasteiger partial charge in [-0.2, -0.15) is 0 Å². The van der Waals surface area contributed by atoms with Crippen molar-refractivity contribution in [2.75, 3.05) is 0 Å². The van der Waals surface area contributed by atoms with E-state index in [1.54, 1.807) is 6.07 Å². The van der Waals surface area contributed by atoms with E-state index in [0.29, 0.717) is 23.4 Å². The van der Waals surface area contributed by atoms with Gasteiger partial charge in [-0.15, -0.1) is 0 Å². The third kappa shape index (κ3) is 4.77. The Kier molecular flexibility index (Phi) is 5.73. The molecule has 0 bridgehead atoms. The fourth-order valence-corrected chi connectivity index (χ4v) is 2.38. The molecule has 114 valence electrons. The van der Waals surface area contributed by atoms with Gasteiger partial charge in [0, 0.05) is 10.5 Å². The molecule has 2 rings (SSSR count). The maximum atomic E-state index is 6.10. The van der Waals surface area contributed by atoms with Gasteiger partial charge in [0.2, 0.25) is 0 Å². The van der Waals surface area contributed by atoms with Gasteiger partial charge in [-0.1, -0.05) is 41.4 Å². The summed E-state index contributed by atoms with van der Waals surface area (Å²) in [5.74, 6) is 2.38. The van der Waals surface area contributed by atoms with Gasteiger partial charge in [0.15, 0.2) is 0 Å². The second kappa shape index (κ2) is 7.34. The highest BCUT2D eigenvalue weighted by atomic mass is 79.9. The highest BCUT2D eigenvalue weighted by Crippen LogP contribution is 2.29. The smallest absolute Gasteiger partial charge is 0.146 e. The van der Waals surface area contributed by atoms with Gasteiger partial charge < -0.3 is 14.5 Å². The highest BCUT2D eigenvalue weighted by molar-refractivity contribution is 9.10. The third-order valence-corrected chi connectivity index (χ3v) is 3.81. The van der Waals surface area contributed by atoms with Crippen LogP contribution in [0.15, 0.2) is 33.2 Å². The standard InChI is InChI=1S/C16H19BrClNO2/c1-10(2)19-8-16-11(3)6-13(21-16)9-20-15-7-12(17)4-5-14(15)18/h4-7,10,19H,8-9H2,1-3H3. The minimum Gasteiger partial charge on any atom is -0.484 e. The lowest BCUT2D eigenvalue weighted by molar-refractivity contribution is 0.264. The van der Waals surface area contributed by atoms with Crippen molar-refractivity contribution in [3.8, 4) is 5.75 Å². The fraction of sp³-hybridized carbons (Fsp3) is 0.375. The van der Waals surface area contributed by atoms with Gasteiger partial charge in [0.25, 0.3) is 0 Å². The van der Waals surface area contributed by atoms with Crippen LogP contribution in [0, 0.1) is 6.92 Å². The van der Waals surface area contributed by atoms with E-state index < -0.39 is 0 Å². The van der Waals surface area contributed by atoms with E-state index >= 15 is 0 Å². The minimum absolute atomic E-state index is 0.360. The maximum Gasteiger partial charge on any atom is 0.146 e. The second-order valence-electron chi connectivity index (χ2n) is 5.22. The molecule has 0 radical (unpaired) electrons. The number of rotatable bonds is 6. The number of benzene rings is 1. The average Bonchev–Trinajstić information content (AvgIpc) is 2.78. The molecule has 1 aromatic heterocycles. The predicted molar refractivity (Wildman–Crippen MR) is 88.9 cm³/mol. The van der Waals surface area contributed by atoms with Gasteiger partial charge in [-0.05, 0) is 36.8 Å². The third-order valence-electron chi connectivity index (χ3n) is 3.01. The van der Waals surface area contributed by atoms with E-state index in [4.69, 9.17) is 20.8 Å². The van der Waals surface area contributed by atoms with Crippen LogP contribution in [0.25, 0.3) is 0 Å². The quantitative estimate of drug-likeness (QED) is 0.767. The summed E-state index contributed by atoms with van der Waals surface area (Å²) < 4.78 is 12.5. The molecule has 1 aromatic carbocycles. The first-order valence-corrected chi connectivity index (χ1v) is 8.02. The molecular formula is C16H19BrClNO2. The lowest BCUT2D eigenvalue weighted by Gasteiger charge is -2.07. The molecule has 0 spiro atoms. The Hall–Kier alpha value is -0.970. The number of hydrogen-bond acceptors (Lipinski definition) is 3. The Morgan fingerprint density at radius 2 is 2.10 bits per heavy atom. The van der Waals surface area contributed by atoms with Gasteiger partial charge >= 0.3 is 0 Å². The van der Waals surface area contributed by atoms with Gasteiger partial charge in [0.05, 0.1) is 11.6 Å². The van der Waals surface area contributed by atoms with Crippen LogP contribution in [-0.4, -0.2) is 6.04 Å². The van der Waals surface area contributed by atoms with Crippen molar-refractivity contribution in [2.45, 2.75) is 40.0 Å². The number of nitrogens with one attached hydrogen (secondary N) is 1. The summed E-state index contributed by atoms with van der Waals surface area (Å²) in [5.41, 5.74) is 1.13. The van der Waals surface area contributed by atoms with Crippen molar-refractivity contribution in [1.82, 2.24) is 5.32 Å². The summed E-state index contributed by atoms with van der Waals surface area (Å²) in [4.78, 5) is 0. The van der Waals surface area contributed by atoms with E-state index in [9.17, 15) is 0 Å². The van der Waals surface area contributed by atoms with Crippen LogP contribution in [0.5, 0.6) is 5.75 Å². The van der Waals surface area contributed by atoms with E-state index in [1.807, 2.05) is 25.1 Å². The first-order valence-electron chi connectivity index (χ1n) is 6.85. The molecule has 0 amide bonds. The largest absolute Gasteiger partial charge is 0.484 e. The zero-order valence-electron chi connectivity index (χ0n) is 12.4. The molecular weight excluding hydrogens is 354 g/mol. The summed E-state index contributed by atoms with van der Waals surface area (Å²) in [7, 11) is 0. The van der Waals surface area contributed by atoms with Gasteiger partial charge in [-0.3, -0.25) is 0 Å². The molecule has 21 heavy (non-hydrogen) atoms. The summed E-state index contributed by atoms with van der Waals surface area (Å²) in [6, 6.07) is 7.95. The molecule has 0 saturated carbocycles. The molecule has 0 aliphatic rings. The van der Waals surface area contributed by atoms with Crippen LogP contribution in [0.3, 0.4) is 0 Å². The van der Waals surface area contributed by atoms with E-state index in [2.05, 4.69) is 35.1 Å². The van der Waals surface area contributed by atoms with Crippen LogP contribution in [0.4, 0.5) is 0 Å². The Balaban J connectivity index is 2.00. The highest BCUT2D eigenvalue weighted by Gasteiger charge is 2.10. The molecule has 0 aliphatic heterocycles. The van der Waals surface area contributed by atoms with Crippen molar-refractivity contribution in [1.29, 1.82) is 0 Å². The fourth-order valence-electron chi connectivity index (χ4n) is 1.87. The van der Waals surface area contributed by atoms with Crippen LogP contribution in [-0.2, 0) is 13.2 Å². The summed E-state index contributed by atoms with van der Waals surface area (Å²) in [6.07, 6.45) is 0. The van der Waals surface area contributed by atoms with Crippen molar-refractivity contribution in [3.63, 3.8) is 0 Å². The zero-order chi connectivity index (χ0) is 15.4. The molecule has 2 aromatic rings. The molecule has 0 aliphatic carbocycles. The van der Waals surface area contributed by atoms with Crippen LogP contribution >= 0.6 is 27.5 Å². The molecule has 0 fully saturated rings. The number of furan rings is 1. The molecule has 0 saturated heterocycles. The lowest BCUT2D eigenvalue weighted by atomic mass is 10.2. The molecule has 0 atom stereocenters. The number of ether oxygens (including phenoxy) is 1. The first kappa shape index (κ1) is 16.4. The second-order valence-corrected chi connectivity index (χ2v) is 6.54. The molecule has 1 N–H and O–H groups in total. The molecule has 1 heterocycles. The van der Waals surface area contributed by atoms with Gasteiger partial charge in [0.1, 0.15) is 23.9 Å². The van der Waals surface area contributed by atoms with E-state index in [-0.39, 0.29) is 0 Å². The van der Waals surface area contributed by atoms with Crippen molar-refractivity contribution >= 4 is 27.5 Å². The number of hydrogen-bond donors (Lipinski definition) is 1. The van der Waals surface area contributed by atoms with E-state index in [0.717, 1.165) is 28.1 Å². The van der Waals surface area contributed by atoms with Gasteiger partial charge in [-0.25, -0.2) is 0 Å². The van der Waals surface area contributed by atoms with Crippen LogP contribution in [0.2, 0.25) is 5.02 Å². The summed E-state index contributed by atoms with van der Waals surface area (Å²) in [6.45, 7) is 7.34. The van der Waals surface area contributed by atoms with Crippen molar-refractivity contribution < 1.29 is 9.15 Å². The SMILES string of the molecule is Cc1cc(COc2cc(Br)ccc2Cl)oc1CNC(C)C. The normalized spacial score (nSPS) is 11.1. The molecule has 5 heteroatoms. The first-order chi connectivity index (χ1) is 9.95. The number of aryl methyl sites for hydroxylation is 1. The Labute approximate surface area is 138 Å². The monoisotopic (exact) mass is 371 g/mol. The minimum atomic E-state index is 0.360. The molecule has 0 unspecified atom stereocenters. The zero-order valence-corrected chi connectivity index (χ0v) is 14.7. The van der Waals surface area contributed by atoms with Crippen molar-refractivity contribution in [2.24, 2.45) is 0 Å². The van der Waals surface area contributed by atoms with Crippen LogP contribution < -0.4 is 10.1 Å². The summed E-state index contributed by atoms with van der Waals surface area (Å²) in [5, 5.41) is 3.93.